The summed E-state index contributed by atoms with van der Waals surface area (Å²) >= 11 is 6.42. The maximum atomic E-state index is 14.0. The van der Waals surface area contributed by atoms with Crippen LogP contribution in [-0.2, 0) is 26.2 Å². The van der Waals surface area contributed by atoms with Crippen LogP contribution in [0.1, 0.15) is 43.4 Å². The SMILES string of the molecule is CCCNC(=O)[C@H](CC)N(Cc1ccccc1Cl)C(=O)CN(c1cccc(C)c1)S(=O)(=O)c1ccc(C)cc1. The van der Waals surface area contributed by atoms with Crippen molar-refractivity contribution in [1.29, 1.82) is 0 Å². The Morgan fingerprint density at radius 2 is 1.62 bits per heavy atom. The third-order valence-electron chi connectivity index (χ3n) is 6.41. The summed E-state index contributed by atoms with van der Waals surface area (Å²) in [4.78, 5) is 28.7. The van der Waals surface area contributed by atoms with E-state index in [1.54, 1.807) is 48.5 Å². The van der Waals surface area contributed by atoms with Gasteiger partial charge in [-0.15, -0.1) is 0 Å². The fraction of sp³-hybridized carbons (Fsp3) is 0.333. The van der Waals surface area contributed by atoms with Crippen LogP contribution in [0.3, 0.4) is 0 Å². The number of nitrogens with one attached hydrogen (secondary N) is 1. The molecule has 0 aliphatic carbocycles. The minimum atomic E-state index is -4.10. The standard InChI is InChI=1S/C30H36ClN3O4S/c1-5-18-32-30(36)28(6-2)33(20-24-11-7-8-13-27(24)31)29(35)21-34(25-12-9-10-23(4)19-25)39(37,38)26-16-14-22(3)15-17-26/h7-17,19,28H,5-6,18,20-21H2,1-4H3,(H,32,36)/t28-/m0/s1. The van der Waals surface area contributed by atoms with Crippen LogP contribution in [-0.4, -0.2) is 44.3 Å². The van der Waals surface area contributed by atoms with Gasteiger partial charge in [-0.05, 0) is 68.1 Å². The third kappa shape index (κ3) is 7.61. The van der Waals surface area contributed by atoms with Crippen molar-refractivity contribution >= 4 is 39.1 Å². The molecule has 9 heteroatoms. The van der Waals surface area contributed by atoms with Crippen molar-refractivity contribution in [2.75, 3.05) is 17.4 Å². The molecule has 0 aliphatic rings. The van der Waals surface area contributed by atoms with Gasteiger partial charge in [-0.1, -0.05) is 73.5 Å². The molecule has 3 rings (SSSR count). The first kappa shape index (κ1) is 30.2. The molecule has 0 saturated heterocycles. The highest BCUT2D eigenvalue weighted by molar-refractivity contribution is 7.92. The number of halogens is 1. The Labute approximate surface area is 236 Å². The summed E-state index contributed by atoms with van der Waals surface area (Å²) < 4.78 is 28.9. The first-order valence-electron chi connectivity index (χ1n) is 13.0. The number of aryl methyl sites for hydroxylation is 2. The molecule has 1 N–H and O–H groups in total. The van der Waals surface area contributed by atoms with Gasteiger partial charge in [0.15, 0.2) is 0 Å². The van der Waals surface area contributed by atoms with Crippen molar-refractivity contribution in [3.05, 3.63) is 94.5 Å². The normalized spacial score (nSPS) is 12.0. The lowest BCUT2D eigenvalue weighted by Crippen LogP contribution is -2.52. The molecule has 7 nitrogen and oxygen atoms in total. The number of carbonyl (C=O) groups excluding carboxylic acids is 2. The van der Waals surface area contributed by atoms with Crippen LogP contribution in [0, 0.1) is 13.8 Å². The van der Waals surface area contributed by atoms with Crippen molar-refractivity contribution in [2.24, 2.45) is 0 Å². The summed E-state index contributed by atoms with van der Waals surface area (Å²) in [5, 5.41) is 3.34. The number of amides is 2. The first-order chi connectivity index (χ1) is 18.6. The lowest BCUT2D eigenvalue weighted by molar-refractivity contribution is -0.140. The van der Waals surface area contributed by atoms with Gasteiger partial charge in [0.2, 0.25) is 11.8 Å². The van der Waals surface area contributed by atoms with Crippen molar-refractivity contribution in [3.8, 4) is 0 Å². The second kappa shape index (κ2) is 13.6. The van der Waals surface area contributed by atoms with E-state index < -0.39 is 28.5 Å². The highest BCUT2D eigenvalue weighted by Crippen LogP contribution is 2.26. The molecule has 0 heterocycles. The zero-order valence-corrected chi connectivity index (χ0v) is 24.4. The number of rotatable bonds is 12. The molecule has 0 aliphatic heterocycles. The highest BCUT2D eigenvalue weighted by atomic mass is 35.5. The summed E-state index contributed by atoms with van der Waals surface area (Å²) in [6.07, 6.45) is 1.09. The van der Waals surface area contributed by atoms with E-state index in [4.69, 9.17) is 11.6 Å². The Bertz CT molecular complexity index is 1390. The molecule has 0 spiro atoms. The fourth-order valence-corrected chi connectivity index (χ4v) is 5.85. The van der Waals surface area contributed by atoms with Gasteiger partial charge in [-0.3, -0.25) is 13.9 Å². The molecule has 208 valence electrons. The molecule has 3 aromatic rings. The molecule has 2 amide bonds. The summed E-state index contributed by atoms with van der Waals surface area (Å²) in [5.74, 6) is -0.797. The molecule has 0 bridgehead atoms. The van der Waals surface area contributed by atoms with E-state index in [1.807, 2.05) is 39.8 Å². The van der Waals surface area contributed by atoms with E-state index in [0.717, 1.165) is 21.9 Å². The largest absolute Gasteiger partial charge is 0.354 e. The van der Waals surface area contributed by atoms with Gasteiger partial charge >= 0.3 is 0 Å². The van der Waals surface area contributed by atoms with E-state index in [0.29, 0.717) is 29.2 Å². The van der Waals surface area contributed by atoms with Crippen molar-refractivity contribution in [3.63, 3.8) is 0 Å². The summed E-state index contributed by atoms with van der Waals surface area (Å²) in [5.41, 5.74) is 2.80. The van der Waals surface area contributed by atoms with Crippen LogP contribution in [0.2, 0.25) is 5.02 Å². The van der Waals surface area contributed by atoms with Crippen LogP contribution >= 0.6 is 11.6 Å². The molecule has 1 atom stereocenters. The van der Waals surface area contributed by atoms with Crippen molar-refractivity contribution in [2.45, 2.75) is 58.0 Å². The van der Waals surface area contributed by atoms with Gasteiger partial charge in [0.05, 0.1) is 10.6 Å². The van der Waals surface area contributed by atoms with E-state index in [1.165, 1.54) is 17.0 Å². The molecular formula is C30H36ClN3O4S. The maximum Gasteiger partial charge on any atom is 0.264 e. The van der Waals surface area contributed by atoms with Crippen LogP contribution in [0.4, 0.5) is 5.69 Å². The predicted molar refractivity (Wildman–Crippen MR) is 156 cm³/mol. The Hall–Kier alpha value is -3.36. The van der Waals surface area contributed by atoms with Gasteiger partial charge in [0.25, 0.3) is 10.0 Å². The van der Waals surface area contributed by atoms with Crippen LogP contribution in [0.25, 0.3) is 0 Å². The smallest absolute Gasteiger partial charge is 0.264 e. The molecule has 3 aromatic carbocycles. The number of nitrogens with zero attached hydrogens (tertiary/aromatic N) is 2. The lowest BCUT2D eigenvalue weighted by atomic mass is 10.1. The van der Waals surface area contributed by atoms with Crippen LogP contribution in [0.5, 0.6) is 0 Å². The van der Waals surface area contributed by atoms with Crippen LogP contribution < -0.4 is 9.62 Å². The summed E-state index contributed by atoms with van der Waals surface area (Å²) in [6, 6.07) is 19.8. The van der Waals surface area contributed by atoms with Gasteiger partial charge in [0.1, 0.15) is 12.6 Å². The molecule has 39 heavy (non-hydrogen) atoms. The lowest BCUT2D eigenvalue weighted by Gasteiger charge is -2.33. The van der Waals surface area contributed by atoms with E-state index in [9.17, 15) is 18.0 Å². The number of hydrogen-bond donors (Lipinski definition) is 1. The third-order valence-corrected chi connectivity index (χ3v) is 8.57. The summed E-state index contributed by atoms with van der Waals surface area (Å²) in [6.45, 7) is 7.55. The quantitative estimate of drug-likeness (QED) is 0.313. The van der Waals surface area contributed by atoms with Crippen LogP contribution in [0.15, 0.2) is 77.7 Å². The molecule has 0 saturated carbocycles. The predicted octanol–water partition coefficient (Wildman–Crippen LogP) is 5.49. The number of hydrogen-bond acceptors (Lipinski definition) is 4. The van der Waals surface area contributed by atoms with Gasteiger partial charge in [-0.2, -0.15) is 0 Å². The van der Waals surface area contributed by atoms with Gasteiger partial charge in [-0.25, -0.2) is 8.42 Å². The minimum Gasteiger partial charge on any atom is -0.354 e. The Morgan fingerprint density at radius 3 is 2.23 bits per heavy atom. The first-order valence-corrected chi connectivity index (χ1v) is 14.9. The van der Waals surface area contributed by atoms with Crippen molar-refractivity contribution < 1.29 is 18.0 Å². The second-order valence-electron chi connectivity index (χ2n) is 9.49. The van der Waals surface area contributed by atoms with E-state index in [2.05, 4.69) is 5.32 Å². The molecule has 0 aromatic heterocycles. The highest BCUT2D eigenvalue weighted by Gasteiger charge is 2.33. The number of carbonyl (C=O) groups is 2. The average molecular weight is 570 g/mol. The average Bonchev–Trinajstić information content (AvgIpc) is 2.91. The van der Waals surface area contributed by atoms with Crippen molar-refractivity contribution in [1.82, 2.24) is 10.2 Å². The monoisotopic (exact) mass is 569 g/mol. The zero-order chi connectivity index (χ0) is 28.6. The van der Waals surface area contributed by atoms with E-state index >= 15 is 0 Å². The molecular weight excluding hydrogens is 534 g/mol. The Kier molecular flexibility index (Phi) is 10.5. The number of benzene rings is 3. The summed E-state index contributed by atoms with van der Waals surface area (Å²) in [7, 11) is -4.10. The topological polar surface area (TPSA) is 86.8 Å². The molecule has 0 radical (unpaired) electrons. The fourth-order valence-electron chi connectivity index (χ4n) is 4.24. The Balaban J connectivity index is 2.06. The number of sulfonamides is 1. The zero-order valence-electron chi connectivity index (χ0n) is 22.9. The maximum absolute atomic E-state index is 14.0. The van der Waals surface area contributed by atoms with Gasteiger partial charge in [0, 0.05) is 18.1 Å². The van der Waals surface area contributed by atoms with E-state index in [-0.39, 0.29) is 17.3 Å². The Morgan fingerprint density at radius 1 is 0.923 bits per heavy atom. The molecule has 0 unspecified atom stereocenters. The van der Waals surface area contributed by atoms with Gasteiger partial charge < -0.3 is 10.2 Å². The number of anilines is 1. The second-order valence-corrected chi connectivity index (χ2v) is 11.8. The minimum absolute atomic E-state index is 0.0583. The molecule has 0 fully saturated rings.